The summed E-state index contributed by atoms with van der Waals surface area (Å²) < 4.78 is 0. The second-order valence-corrected chi connectivity index (χ2v) is 9.93. The number of carbonyl (C=O) groups excluding carboxylic acids is 2. The standard InChI is InChI=1S/C26H33N3O4S/c1-19-7-6-8-22(15-19)16-28(20(2)26(31)27-23-9-4-3-5-10-23)25(30)18-34-17-21-11-13-24(14-12-21)29(32)33/h6-8,11-15,20,23H,3-5,9-10,16-18H2,1-2H3,(H,27,31)/t20-/m0/s1. The Balaban J connectivity index is 1.64. The number of aryl methyl sites for hydroxylation is 1. The van der Waals surface area contributed by atoms with Crippen LogP contribution in [0.25, 0.3) is 0 Å². The molecule has 1 fully saturated rings. The van der Waals surface area contributed by atoms with E-state index in [-0.39, 0.29) is 29.3 Å². The van der Waals surface area contributed by atoms with Crippen LogP contribution in [0.15, 0.2) is 48.5 Å². The third kappa shape index (κ3) is 7.58. The number of amides is 2. The van der Waals surface area contributed by atoms with Crippen molar-refractivity contribution in [2.24, 2.45) is 0 Å². The van der Waals surface area contributed by atoms with Gasteiger partial charge in [0.2, 0.25) is 11.8 Å². The zero-order valence-corrected chi connectivity index (χ0v) is 20.7. The van der Waals surface area contributed by atoms with Gasteiger partial charge in [0.1, 0.15) is 6.04 Å². The van der Waals surface area contributed by atoms with Crippen LogP contribution in [0.5, 0.6) is 0 Å². The third-order valence-electron chi connectivity index (χ3n) is 6.20. The first kappa shape index (κ1) is 25.7. The number of nitrogens with zero attached hydrogens (tertiary/aromatic N) is 2. The first-order valence-corrected chi connectivity index (χ1v) is 13.0. The number of non-ortho nitro benzene ring substituents is 1. The summed E-state index contributed by atoms with van der Waals surface area (Å²) in [5.41, 5.74) is 3.06. The highest BCUT2D eigenvalue weighted by atomic mass is 32.2. The molecule has 2 aromatic rings. The van der Waals surface area contributed by atoms with Crippen LogP contribution in [0.3, 0.4) is 0 Å². The van der Waals surface area contributed by atoms with E-state index in [1.165, 1.54) is 30.3 Å². The van der Waals surface area contributed by atoms with E-state index in [1.54, 1.807) is 24.0 Å². The molecule has 1 atom stereocenters. The van der Waals surface area contributed by atoms with E-state index in [0.29, 0.717) is 12.3 Å². The van der Waals surface area contributed by atoms with Crippen LogP contribution in [0, 0.1) is 17.0 Å². The molecule has 1 N–H and O–H groups in total. The molecule has 1 saturated carbocycles. The molecule has 1 aliphatic carbocycles. The van der Waals surface area contributed by atoms with Gasteiger partial charge in [-0.25, -0.2) is 0 Å². The zero-order chi connectivity index (χ0) is 24.5. The minimum absolute atomic E-state index is 0.0481. The van der Waals surface area contributed by atoms with Crippen LogP contribution in [-0.4, -0.2) is 39.5 Å². The van der Waals surface area contributed by atoms with Crippen molar-refractivity contribution in [1.82, 2.24) is 10.2 Å². The number of rotatable bonds is 10. The van der Waals surface area contributed by atoms with Gasteiger partial charge in [0.05, 0.1) is 10.7 Å². The molecule has 0 aromatic heterocycles. The lowest BCUT2D eigenvalue weighted by Gasteiger charge is -2.31. The van der Waals surface area contributed by atoms with Crippen molar-refractivity contribution in [3.05, 3.63) is 75.3 Å². The summed E-state index contributed by atoms with van der Waals surface area (Å²) in [6.45, 7) is 4.18. The van der Waals surface area contributed by atoms with Gasteiger partial charge >= 0.3 is 0 Å². The second-order valence-electron chi connectivity index (χ2n) is 8.95. The number of benzene rings is 2. The molecule has 0 unspecified atom stereocenters. The Morgan fingerprint density at radius 2 is 1.82 bits per heavy atom. The fourth-order valence-electron chi connectivity index (χ4n) is 4.21. The van der Waals surface area contributed by atoms with Crippen LogP contribution in [0.1, 0.15) is 55.7 Å². The van der Waals surface area contributed by atoms with Crippen molar-refractivity contribution in [1.29, 1.82) is 0 Å². The van der Waals surface area contributed by atoms with Crippen LogP contribution in [0.2, 0.25) is 0 Å². The average molecular weight is 484 g/mol. The fraction of sp³-hybridized carbons (Fsp3) is 0.462. The number of nitro benzene ring substituents is 1. The van der Waals surface area contributed by atoms with Gasteiger partial charge in [-0.2, -0.15) is 0 Å². The predicted octanol–water partition coefficient (Wildman–Crippen LogP) is 5.00. The molecular weight excluding hydrogens is 450 g/mol. The van der Waals surface area contributed by atoms with Gasteiger partial charge in [-0.3, -0.25) is 19.7 Å². The molecule has 2 aromatic carbocycles. The Morgan fingerprint density at radius 3 is 2.47 bits per heavy atom. The molecule has 0 saturated heterocycles. The Kier molecular flexibility index (Phi) is 9.51. The van der Waals surface area contributed by atoms with Crippen LogP contribution < -0.4 is 5.32 Å². The molecule has 182 valence electrons. The minimum Gasteiger partial charge on any atom is -0.352 e. The van der Waals surface area contributed by atoms with Crippen molar-refractivity contribution in [3.8, 4) is 0 Å². The maximum absolute atomic E-state index is 13.2. The summed E-state index contributed by atoms with van der Waals surface area (Å²) in [6, 6.07) is 14.0. The topological polar surface area (TPSA) is 92.6 Å². The average Bonchev–Trinajstić information content (AvgIpc) is 2.83. The van der Waals surface area contributed by atoms with E-state index in [0.717, 1.165) is 42.4 Å². The van der Waals surface area contributed by atoms with Gasteiger partial charge in [0, 0.05) is 30.5 Å². The Labute approximate surface area is 205 Å². The molecule has 2 amide bonds. The predicted molar refractivity (Wildman–Crippen MR) is 135 cm³/mol. The molecule has 34 heavy (non-hydrogen) atoms. The SMILES string of the molecule is Cc1cccc(CN(C(=O)CSCc2ccc([N+](=O)[O-])cc2)[C@@H](C)C(=O)NC2CCCCC2)c1. The maximum Gasteiger partial charge on any atom is 0.269 e. The third-order valence-corrected chi connectivity index (χ3v) is 7.18. The highest BCUT2D eigenvalue weighted by molar-refractivity contribution is 7.99. The molecule has 0 radical (unpaired) electrons. The van der Waals surface area contributed by atoms with E-state index in [9.17, 15) is 19.7 Å². The van der Waals surface area contributed by atoms with Crippen molar-refractivity contribution >= 4 is 29.3 Å². The maximum atomic E-state index is 13.2. The van der Waals surface area contributed by atoms with E-state index in [1.807, 2.05) is 31.2 Å². The first-order chi connectivity index (χ1) is 16.3. The summed E-state index contributed by atoms with van der Waals surface area (Å²) in [5.74, 6) is 0.585. The molecular formula is C26H33N3O4S. The van der Waals surface area contributed by atoms with Crippen molar-refractivity contribution in [2.45, 2.75) is 70.3 Å². The summed E-state index contributed by atoms with van der Waals surface area (Å²) in [6.07, 6.45) is 5.46. The minimum atomic E-state index is -0.574. The Morgan fingerprint density at radius 1 is 1.12 bits per heavy atom. The summed E-state index contributed by atoms with van der Waals surface area (Å²) >= 11 is 1.44. The highest BCUT2D eigenvalue weighted by Crippen LogP contribution is 2.20. The summed E-state index contributed by atoms with van der Waals surface area (Å²) in [4.78, 5) is 38.3. The normalized spacial score (nSPS) is 14.9. The summed E-state index contributed by atoms with van der Waals surface area (Å²) in [5, 5.41) is 14.0. The molecule has 7 nitrogen and oxygen atoms in total. The van der Waals surface area contributed by atoms with Crippen LogP contribution in [-0.2, 0) is 21.9 Å². The van der Waals surface area contributed by atoms with E-state index < -0.39 is 11.0 Å². The number of thioether (sulfide) groups is 1. The Bertz CT molecular complexity index is 990. The number of hydrogen-bond acceptors (Lipinski definition) is 5. The lowest BCUT2D eigenvalue weighted by molar-refractivity contribution is -0.384. The molecule has 3 rings (SSSR count). The smallest absolute Gasteiger partial charge is 0.269 e. The van der Waals surface area contributed by atoms with Crippen LogP contribution >= 0.6 is 11.8 Å². The molecule has 0 bridgehead atoms. The first-order valence-electron chi connectivity index (χ1n) is 11.8. The van der Waals surface area contributed by atoms with Gasteiger partial charge < -0.3 is 10.2 Å². The number of nitro groups is 1. The molecule has 0 heterocycles. The van der Waals surface area contributed by atoms with Gasteiger partial charge in [0.25, 0.3) is 5.69 Å². The highest BCUT2D eigenvalue weighted by Gasteiger charge is 2.28. The van der Waals surface area contributed by atoms with E-state index in [2.05, 4.69) is 5.32 Å². The summed E-state index contributed by atoms with van der Waals surface area (Å²) in [7, 11) is 0. The number of hydrogen-bond donors (Lipinski definition) is 1. The van der Waals surface area contributed by atoms with Crippen molar-refractivity contribution in [3.63, 3.8) is 0 Å². The van der Waals surface area contributed by atoms with E-state index >= 15 is 0 Å². The molecule has 0 aliphatic heterocycles. The monoisotopic (exact) mass is 483 g/mol. The van der Waals surface area contributed by atoms with Crippen molar-refractivity contribution in [2.75, 3.05) is 5.75 Å². The molecule has 0 spiro atoms. The van der Waals surface area contributed by atoms with Crippen LogP contribution in [0.4, 0.5) is 5.69 Å². The van der Waals surface area contributed by atoms with Gasteiger partial charge in [-0.05, 0) is 37.8 Å². The Hall–Kier alpha value is -2.87. The van der Waals surface area contributed by atoms with Crippen molar-refractivity contribution < 1.29 is 14.5 Å². The van der Waals surface area contributed by atoms with E-state index in [4.69, 9.17) is 0 Å². The van der Waals surface area contributed by atoms with Gasteiger partial charge in [0.15, 0.2) is 0 Å². The lowest BCUT2D eigenvalue weighted by Crippen LogP contribution is -2.50. The molecule has 8 heteroatoms. The zero-order valence-electron chi connectivity index (χ0n) is 19.9. The number of nitrogens with one attached hydrogen (secondary N) is 1. The van der Waals surface area contributed by atoms with Gasteiger partial charge in [-0.1, -0.05) is 61.2 Å². The lowest BCUT2D eigenvalue weighted by atomic mass is 9.95. The quantitative estimate of drug-likeness (QED) is 0.379. The van der Waals surface area contributed by atoms with Gasteiger partial charge in [-0.15, -0.1) is 11.8 Å². The second kappa shape index (κ2) is 12.6. The molecule has 1 aliphatic rings. The fourth-order valence-corrected chi connectivity index (χ4v) is 5.08. The number of carbonyl (C=O) groups is 2. The largest absolute Gasteiger partial charge is 0.352 e.